The van der Waals surface area contributed by atoms with Crippen molar-refractivity contribution in [2.45, 2.75) is 4.90 Å². The first-order valence-electron chi connectivity index (χ1n) is 5.36. The van der Waals surface area contributed by atoms with Crippen molar-refractivity contribution in [1.82, 2.24) is 9.97 Å². The Balaban J connectivity index is 2.19. The summed E-state index contributed by atoms with van der Waals surface area (Å²) in [5.74, 6) is 0.583. The molecule has 6 heteroatoms. The molecule has 1 aromatic heterocycles. The third-order valence-electron chi connectivity index (χ3n) is 2.61. The molecule has 0 radical (unpaired) electrons. The number of nitrogens with one attached hydrogen (secondary N) is 1. The number of rotatable bonds is 1. The Labute approximate surface area is 107 Å². The van der Waals surface area contributed by atoms with Crippen LogP contribution in [0.5, 0.6) is 0 Å². The summed E-state index contributed by atoms with van der Waals surface area (Å²) >= 11 is 1.22. The Morgan fingerprint density at radius 1 is 1.22 bits per heavy atom. The topological polar surface area (TPSA) is 66.1 Å². The summed E-state index contributed by atoms with van der Waals surface area (Å²) in [6.45, 7) is 0. The van der Waals surface area contributed by atoms with E-state index < -0.39 is 0 Å². The number of fused-ring (bicyclic) bond motifs is 1. The third-order valence-corrected chi connectivity index (χ3v) is 3.66. The van der Waals surface area contributed by atoms with Gasteiger partial charge in [0.2, 0.25) is 5.91 Å². The minimum atomic E-state index is -0.210. The zero-order chi connectivity index (χ0) is 12.5. The number of benzene rings is 1. The maximum atomic E-state index is 12.0. The Morgan fingerprint density at radius 3 is 2.78 bits per heavy atom. The van der Waals surface area contributed by atoms with E-state index in [0.717, 1.165) is 5.69 Å². The van der Waals surface area contributed by atoms with Crippen molar-refractivity contribution in [3.63, 3.8) is 0 Å². The molecule has 0 saturated heterocycles. The Morgan fingerprint density at radius 2 is 2.00 bits per heavy atom. The lowest BCUT2D eigenvalue weighted by Gasteiger charge is -2.26. The van der Waals surface area contributed by atoms with Gasteiger partial charge in [-0.2, -0.15) is 0 Å². The van der Waals surface area contributed by atoms with Gasteiger partial charge in [0.25, 0.3) is 5.56 Å². The minimum Gasteiger partial charge on any atom is -0.312 e. The third kappa shape index (κ3) is 1.70. The number of para-hydroxylation sites is 1. The van der Waals surface area contributed by atoms with Crippen molar-refractivity contribution in [2.75, 3.05) is 10.7 Å². The van der Waals surface area contributed by atoms with Crippen LogP contribution < -0.4 is 10.5 Å². The van der Waals surface area contributed by atoms with Gasteiger partial charge in [-0.15, -0.1) is 11.8 Å². The molecule has 1 amide bonds. The van der Waals surface area contributed by atoms with Gasteiger partial charge in [-0.3, -0.25) is 14.5 Å². The van der Waals surface area contributed by atoms with Crippen LogP contribution in [0, 0.1) is 0 Å². The Hall–Kier alpha value is -2.08. The number of anilines is 2. The highest BCUT2D eigenvalue weighted by atomic mass is 32.2. The van der Waals surface area contributed by atoms with Gasteiger partial charge in [0.15, 0.2) is 5.82 Å². The molecule has 1 N–H and O–H groups in total. The van der Waals surface area contributed by atoms with E-state index in [1.54, 1.807) is 0 Å². The number of amides is 1. The number of carbonyl (C=O) groups excluding carboxylic acids is 1. The molecular weight excluding hydrogens is 250 g/mol. The van der Waals surface area contributed by atoms with Crippen molar-refractivity contribution < 1.29 is 4.79 Å². The summed E-state index contributed by atoms with van der Waals surface area (Å²) in [5, 5.41) is 0. The highest BCUT2D eigenvalue weighted by Gasteiger charge is 2.29. The predicted molar refractivity (Wildman–Crippen MR) is 69.2 cm³/mol. The maximum Gasteiger partial charge on any atom is 0.266 e. The van der Waals surface area contributed by atoms with Gasteiger partial charge in [-0.25, -0.2) is 4.98 Å². The van der Waals surface area contributed by atoms with Crippen molar-refractivity contribution in [3.05, 3.63) is 47.0 Å². The van der Waals surface area contributed by atoms with Crippen LogP contribution in [-0.2, 0) is 4.79 Å². The molecule has 3 rings (SSSR count). The molecule has 0 saturated carbocycles. The summed E-state index contributed by atoms with van der Waals surface area (Å²) in [7, 11) is 0. The molecule has 0 spiro atoms. The molecule has 2 aromatic rings. The smallest absolute Gasteiger partial charge is 0.266 e. The molecule has 18 heavy (non-hydrogen) atoms. The van der Waals surface area contributed by atoms with Crippen LogP contribution in [-0.4, -0.2) is 21.6 Å². The van der Waals surface area contributed by atoms with Crippen LogP contribution in [0.1, 0.15) is 0 Å². The molecule has 0 atom stereocenters. The average molecular weight is 259 g/mol. The highest BCUT2D eigenvalue weighted by molar-refractivity contribution is 8.00. The van der Waals surface area contributed by atoms with E-state index in [-0.39, 0.29) is 17.2 Å². The Kier molecular flexibility index (Phi) is 2.64. The lowest BCUT2D eigenvalue weighted by Crippen LogP contribution is -2.34. The second kappa shape index (κ2) is 4.30. The average Bonchev–Trinajstić information content (AvgIpc) is 2.40. The fraction of sp³-hybridized carbons (Fsp3) is 0.0833. The number of carbonyl (C=O) groups is 1. The van der Waals surface area contributed by atoms with Gasteiger partial charge >= 0.3 is 0 Å². The standard InChI is InChI=1S/C12H9N3O2S/c16-9-6-18-10-11(13-7-14-12(10)17)15(9)8-4-2-1-3-5-8/h1-5,7H,6H2,(H,13,14,17). The fourth-order valence-corrected chi connectivity index (χ4v) is 2.69. The summed E-state index contributed by atoms with van der Waals surface area (Å²) in [6, 6.07) is 9.20. The number of nitrogens with zero attached hydrogens (tertiary/aromatic N) is 2. The van der Waals surface area contributed by atoms with E-state index in [9.17, 15) is 9.59 Å². The van der Waals surface area contributed by atoms with Gasteiger partial charge in [-0.05, 0) is 12.1 Å². The molecular formula is C12H9N3O2S. The Bertz CT molecular complexity index is 654. The van der Waals surface area contributed by atoms with Crippen molar-refractivity contribution >= 4 is 29.2 Å². The summed E-state index contributed by atoms with van der Waals surface area (Å²) in [6.07, 6.45) is 1.32. The SMILES string of the molecule is O=C1CSc2c(nc[nH]c2=O)N1c1ccccc1. The lowest BCUT2D eigenvalue weighted by atomic mass is 10.3. The van der Waals surface area contributed by atoms with E-state index >= 15 is 0 Å². The van der Waals surface area contributed by atoms with Crippen LogP contribution in [0.4, 0.5) is 11.5 Å². The first kappa shape index (κ1) is 11.0. The monoisotopic (exact) mass is 259 g/mol. The first-order valence-corrected chi connectivity index (χ1v) is 6.34. The molecule has 0 fully saturated rings. The summed E-state index contributed by atoms with van der Waals surface area (Å²) < 4.78 is 0. The molecule has 2 heterocycles. The van der Waals surface area contributed by atoms with Gasteiger partial charge in [0.05, 0.1) is 17.8 Å². The molecule has 0 unspecified atom stereocenters. The van der Waals surface area contributed by atoms with Crippen LogP contribution in [0.15, 0.2) is 46.3 Å². The number of thioether (sulfide) groups is 1. The van der Waals surface area contributed by atoms with E-state index in [0.29, 0.717) is 10.7 Å². The van der Waals surface area contributed by atoms with Gasteiger partial charge in [-0.1, -0.05) is 18.2 Å². The zero-order valence-electron chi connectivity index (χ0n) is 9.29. The quantitative estimate of drug-likeness (QED) is 0.843. The number of aromatic nitrogens is 2. The van der Waals surface area contributed by atoms with Crippen LogP contribution >= 0.6 is 11.8 Å². The molecule has 0 bridgehead atoms. The van der Waals surface area contributed by atoms with Crippen molar-refractivity contribution in [1.29, 1.82) is 0 Å². The summed E-state index contributed by atoms with van der Waals surface area (Å²) in [5.41, 5.74) is 0.514. The molecule has 90 valence electrons. The second-order valence-electron chi connectivity index (χ2n) is 3.74. The number of aromatic amines is 1. The normalized spacial score (nSPS) is 14.4. The van der Waals surface area contributed by atoms with E-state index in [1.807, 2.05) is 30.3 Å². The van der Waals surface area contributed by atoms with Crippen molar-refractivity contribution in [2.24, 2.45) is 0 Å². The van der Waals surface area contributed by atoms with Crippen LogP contribution in [0.2, 0.25) is 0 Å². The number of H-pyrrole nitrogens is 1. The van der Waals surface area contributed by atoms with Gasteiger partial charge in [0, 0.05) is 0 Å². The molecule has 1 aromatic carbocycles. The lowest BCUT2D eigenvalue weighted by molar-refractivity contribution is -0.115. The van der Waals surface area contributed by atoms with E-state index in [4.69, 9.17) is 0 Å². The minimum absolute atomic E-state index is 0.0724. The first-order chi connectivity index (χ1) is 8.77. The number of hydrogen-bond acceptors (Lipinski definition) is 4. The number of hydrogen-bond donors (Lipinski definition) is 1. The second-order valence-corrected chi connectivity index (χ2v) is 4.72. The molecule has 1 aliphatic heterocycles. The van der Waals surface area contributed by atoms with Crippen molar-refractivity contribution in [3.8, 4) is 0 Å². The van der Waals surface area contributed by atoms with Gasteiger partial charge < -0.3 is 4.98 Å². The molecule has 5 nitrogen and oxygen atoms in total. The summed E-state index contributed by atoms with van der Waals surface area (Å²) in [4.78, 5) is 32.3. The van der Waals surface area contributed by atoms with E-state index in [2.05, 4.69) is 9.97 Å². The highest BCUT2D eigenvalue weighted by Crippen LogP contribution is 2.35. The van der Waals surface area contributed by atoms with Crippen LogP contribution in [0.3, 0.4) is 0 Å². The molecule has 1 aliphatic rings. The molecule has 0 aliphatic carbocycles. The zero-order valence-corrected chi connectivity index (χ0v) is 10.1. The predicted octanol–water partition coefficient (Wildman–Crippen LogP) is 1.54. The van der Waals surface area contributed by atoms with Gasteiger partial charge in [0.1, 0.15) is 4.90 Å². The van der Waals surface area contributed by atoms with E-state index in [1.165, 1.54) is 23.0 Å². The fourth-order valence-electron chi connectivity index (χ4n) is 1.83. The van der Waals surface area contributed by atoms with Crippen LogP contribution in [0.25, 0.3) is 0 Å². The largest absolute Gasteiger partial charge is 0.312 e. The maximum absolute atomic E-state index is 12.0.